The zero-order valence-corrected chi connectivity index (χ0v) is 9.87. The lowest BCUT2D eigenvalue weighted by molar-refractivity contribution is 0.799. The molecule has 0 heteroatoms. The van der Waals surface area contributed by atoms with Gasteiger partial charge in [0.2, 0.25) is 0 Å². The molecular formula is C16H18. The van der Waals surface area contributed by atoms with Gasteiger partial charge in [-0.3, -0.25) is 0 Å². The van der Waals surface area contributed by atoms with Crippen LogP contribution in [0.2, 0.25) is 0 Å². The maximum Gasteiger partial charge on any atom is -0.0109 e. The van der Waals surface area contributed by atoms with Crippen molar-refractivity contribution >= 4 is 16.8 Å². The first-order chi connectivity index (χ1) is 7.86. The fraction of sp³-hybridized carbons (Fsp3) is 0.250. The molecule has 16 heavy (non-hydrogen) atoms. The molecule has 0 aromatic heterocycles. The molecule has 0 aliphatic rings. The van der Waals surface area contributed by atoms with Crippen molar-refractivity contribution in [2.75, 3.05) is 0 Å². The van der Waals surface area contributed by atoms with Crippen molar-refractivity contribution in [3.05, 3.63) is 54.1 Å². The second-order valence-electron chi connectivity index (χ2n) is 4.17. The van der Waals surface area contributed by atoms with E-state index in [0.717, 1.165) is 0 Å². The Morgan fingerprint density at radius 3 is 2.50 bits per heavy atom. The molecule has 0 fully saturated rings. The van der Waals surface area contributed by atoms with E-state index in [-0.39, 0.29) is 0 Å². The largest absolute Gasteiger partial charge is 0.0984 e. The highest BCUT2D eigenvalue weighted by Gasteiger charge is 2.02. The van der Waals surface area contributed by atoms with E-state index in [0.29, 0.717) is 0 Å². The normalized spacial score (nSPS) is 10.6. The molecular weight excluding hydrogens is 192 g/mol. The van der Waals surface area contributed by atoms with Crippen molar-refractivity contribution in [3.63, 3.8) is 0 Å². The van der Waals surface area contributed by atoms with Crippen LogP contribution in [0.5, 0.6) is 0 Å². The maximum atomic E-state index is 3.87. The number of fused-ring (bicyclic) bond motifs is 1. The quantitative estimate of drug-likeness (QED) is 0.678. The van der Waals surface area contributed by atoms with Gasteiger partial charge in [0, 0.05) is 0 Å². The van der Waals surface area contributed by atoms with Gasteiger partial charge in [-0.05, 0) is 34.7 Å². The van der Waals surface area contributed by atoms with Crippen LogP contribution in [-0.4, -0.2) is 0 Å². The molecule has 0 atom stereocenters. The molecule has 2 rings (SSSR count). The van der Waals surface area contributed by atoms with Crippen molar-refractivity contribution in [1.29, 1.82) is 0 Å². The van der Waals surface area contributed by atoms with Gasteiger partial charge in [0.15, 0.2) is 0 Å². The van der Waals surface area contributed by atoms with Crippen molar-refractivity contribution < 1.29 is 0 Å². The third kappa shape index (κ3) is 2.01. The Morgan fingerprint density at radius 1 is 1.06 bits per heavy atom. The summed E-state index contributed by atoms with van der Waals surface area (Å²) in [7, 11) is 0. The van der Waals surface area contributed by atoms with Gasteiger partial charge in [0.05, 0.1) is 0 Å². The maximum absolute atomic E-state index is 3.87. The number of rotatable bonds is 4. The Labute approximate surface area is 97.6 Å². The summed E-state index contributed by atoms with van der Waals surface area (Å²) >= 11 is 0. The van der Waals surface area contributed by atoms with E-state index in [2.05, 4.69) is 49.9 Å². The molecule has 82 valence electrons. The average Bonchev–Trinajstić information content (AvgIpc) is 2.36. The summed E-state index contributed by atoms with van der Waals surface area (Å²) < 4.78 is 0. The predicted octanol–water partition coefficient (Wildman–Crippen LogP) is 4.83. The van der Waals surface area contributed by atoms with Crippen LogP contribution >= 0.6 is 0 Å². The third-order valence-corrected chi connectivity index (χ3v) is 3.07. The molecule has 0 saturated carbocycles. The fourth-order valence-electron chi connectivity index (χ4n) is 2.15. The fourth-order valence-corrected chi connectivity index (χ4v) is 2.15. The van der Waals surface area contributed by atoms with Gasteiger partial charge in [-0.2, -0.15) is 0 Å². The number of aryl methyl sites for hydroxylation is 1. The molecule has 0 saturated heterocycles. The smallest absolute Gasteiger partial charge is 0.0109 e. The van der Waals surface area contributed by atoms with Crippen molar-refractivity contribution in [3.8, 4) is 0 Å². The first-order valence-corrected chi connectivity index (χ1v) is 6.00. The Balaban J connectivity index is 2.55. The summed E-state index contributed by atoms with van der Waals surface area (Å²) in [5, 5.41) is 2.71. The standard InChI is InChI=1S/C16H18/c1-3-5-8-14-12-11-13(4-2)15-9-6-7-10-16(14)15/h4,6-7,9-12H,2-3,5,8H2,1H3. The minimum Gasteiger partial charge on any atom is -0.0984 e. The lowest BCUT2D eigenvalue weighted by atomic mass is 9.96. The van der Waals surface area contributed by atoms with Gasteiger partial charge >= 0.3 is 0 Å². The number of hydrogen-bond acceptors (Lipinski definition) is 0. The van der Waals surface area contributed by atoms with Gasteiger partial charge in [-0.15, -0.1) is 0 Å². The lowest BCUT2D eigenvalue weighted by Crippen LogP contribution is -1.88. The van der Waals surface area contributed by atoms with Gasteiger partial charge in [-0.1, -0.05) is 62.4 Å². The van der Waals surface area contributed by atoms with E-state index in [1.54, 1.807) is 0 Å². The number of hydrogen-bond donors (Lipinski definition) is 0. The molecule has 0 aliphatic carbocycles. The molecule has 0 unspecified atom stereocenters. The average molecular weight is 210 g/mol. The van der Waals surface area contributed by atoms with Crippen LogP contribution in [0.15, 0.2) is 43.0 Å². The van der Waals surface area contributed by atoms with Crippen LogP contribution < -0.4 is 0 Å². The lowest BCUT2D eigenvalue weighted by Gasteiger charge is -2.08. The summed E-state index contributed by atoms with van der Waals surface area (Å²) in [6.45, 7) is 6.11. The van der Waals surface area contributed by atoms with Gasteiger partial charge in [0.1, 0.15) is 0 Å². The van der Waals surface area contributed by atoms with Gasteiger partial charge in [0.25, 0.3) is 0 Å². The third-order valence-electron chi connectivity index (χ3n) is 3.07. The van der Waals surface area contributed by atoms with E-state index in [1.807, 2.05) is 6.08 Å². The Bertz CT molecular complexity index is 494. The van der Waals surface area contributed by atoms with E-state index in [1.165, 1.54) is 41.2 Å². The molecule has 0 bridgehead atoms. The summed E-state index contributed by atoms with van der Waals surface area (Å²) in [6.07, 6.45) is 5.62. The first-order valence-electron chi connectivity index (χ1n) is 6.00. The number of unbranched alkanes of at least 4 members (excludes halogenated alkanes) is 1. The monoisotopic (exact) mass is 210 g/mol. The molecule has 0 heterocycles. The Morgan fingerprint density at radius 2 is 1.81 bits per heavy atom. The summed E-state index contributed by atoms with van der Waals surface area (Å²) in [5.74, 6) is 0. The van der Waals surface area contributed by atoms with Gasteiger partial charge in [-0.25, -0.2) is 0 Å². The van der Waals surface area contributed by atoms with Crippen molar-refractivity contribution in [2.45, 2.75) is 26.2 Å². The molecule has 0 nitrogen and oxygen atoms in total. The van der Waals surface area contributed by atoms with Crippen molar-refractivity contribution in [2.24, 2.45) is 0 Å². The highest BCUT2D eigenvalue weighted by Crippen LogP contribution is 2.24. The van der Waals surface area contributed by atoms with Crippen LogP contribution in [-0.2, 0) is 6.42 Å². The zero-order chi connectivity index (χ0) is 11.4. The molecule has 0 N–H and O–H groups in total. The Kier molecular flexibility index (Phi) is 3.40. The van der Waals surface area contributed by atoms with E-state index in [4.69, 9.17) is 0 Å². The molecule has 2 aromatic carbocycles. The zero-order valence-electron chi connectivity index (χ0n) is 9.87. The molecule has 0 amide bonds. The van der Waals surface area contributed by atoms with E-state index in [9.17, 15) is 0 Å². The molecule has 0 aliphatic heterocycles. The number of benzene rings is 2. The minimum absolute atomic E-state index is 1.18. The molecule has 0 radical (unpaired) electrons. The topological polar surface area (TPSA) is 0 Å². The van der Waals surface area contributed by atoms with Crippen molar-refractivity contribution in [1.82, 2.24) is 0 Å². The summed E-state index contributed by atoms with van der Waals surface area (Å²) in [5.41, 5.74) is 2.69. The Hall–Kier alpha value is -1.56. The summed E-state index contributed by atoms with van der Waals surface area (Å²) in [4.78, 5) is 0. The SMILES string of the molecule is C=Cc1ccc(CCCC)c2ccccc12. The molecule has 2 aromatic rings. The minimum atomic E-state index is 1.18. The first kappa shape index (κ1) is 10.9. The highest BCUT2D eigenvalue weighted by molar-refractivity contribution is 5.92. The van der Waals surface area contributed by atoms with Crippen LogP contribution in [0.25, 0.3) is 16.8 Å². The predicted molar refractivity (Wildman–Crippen MR) is 72.7 cm³/mol. The summed E-state index contributed by atoms with van der Waals surface area (Å²) in [6, 6.07) is 13.0. The molecule has 0 spiro atoms. The van der Waals surface area contributed by atoms with E-state index >= 15 is 0 Å². The van der Waals surface area contributed by atoms with Crippen LogP contribution in [0, 0.1) is 0 Å². The second-order valence-corrected chi connectivity index (χ2v) is 4.17. The van der Waals surface area contributed by atoms with Crippen LogP contribution in [0.4, 0.5) is 0 Å². The van der Waals surface area contributed by atoms with Crippen LogP contribution in [0.3, 0.4) is 0 Å². The van der Waals surface area contributed by atoms with E-state index < -0.39 is 0 Å². The highest BCUT2D eigenvalue weighted by atomic mass is 14.1. The second kappa shape index (κ2) is 4.98. The van der Waals surface area contributed by atoms with Gasteiger partial charge < -0.3 is 0 Å². The van der Waals surface area contributed by atoms with Crippen LogP contribution in [0.1, 0.15) is 30.9 Å².